The molecule has 1 fully saturated rings. The Morgan fingerprint density at radius 2 is 1.87 bits per heavy atom. The zero-order chi connectivity index (χ0) is 16.1. The fourth-order valence-corrected chi connectivity index (χ4v) is 2.85. The molecule has 1 aliphatic rings. The summed E-state index contributed by atoms with van der Waals surface area (Å²) < 4.78 is 0. The van der Waals surface area contributed by atoms with E-state index in [4.69, 9.17) is 11.6 Å². The van der Waals surface area contributed by atoms with Crippen LogP contribution < -0.4 is 15.5 Å². The Labute approximate surface area is 141 Å². The highest BCUT2D eigenvalue weighted by Crippen LogP contribution is 2.21. The molecule has 4 nitrogen and oxygen atoms in total. The summed E-state index contributed by atoms with van der Waals surface area (Å²) in [5.41, 5.74) is 3.90. The molecule has 2 N–H and O–H groups in total. The van der Waals surface area contributed by atoms with Crippen LogP contribution in [0.5, 0.6) is 0 Å². The van der Waals surface area contributed by atoms with Crippen molar-refractivity contribution in [1.82, 2.24) is 5.32 Å². The SMILES string of the molecule is N#Cc1ccc(N2CCNCC2)cc1CNc1ccc(Cl)cc1. The normalized spacial score (nSPS) is 14.3. The summed E-state index contributed by atoms with van der Waals surface area (Å²) in [7, 11) is 0. The largest absolute Gasteiger partial charge is 0.381 e. The lowest BCUT2D eigenvalue weighted by Gasteiger charge is -2.30. The van der Waals surface area contributed by atoms with Crippen molar-refractivity contribution < 1.29 is 0 Å². The number of halogens is 1. The van der Waals surface area contributed by atoms with Gasteiger partial charge in [-0.2, -0.15) is 5.26 Å². The molecule has 1 heterocycles. The van der Waals surface area contributed by atoms with E-state index in [9.17, 15) is 5.26 Å². The molecule has 0 unspecified atom stereocenters. The van der Waals surface area contributed by atoms with Crippen molar-refractivity contribution in [2.45, 2.75) is 6.54 Å². The Morgan fingerprint density at radius 1 is 1.13 bits per heavy atom. The zero-order valence-corrected chi connectivity index (χ0v) is 13.6. The van der Waals surface area contributed by atoms with Crippen LogP contribution in [0.1, 0.15) is 11.1 Å². The smallest absolute Gasteiger partial charge is 0.0995 e. The first-order valence-electron chi connectivity index (χ1n) is 7.74. The number of rotatable bonds is 4. The van der Waals surface area contributed by atoms with Crippen LogP contribution in [-0.4, -0.2) is 26.2 Å². The maximum atomic E-state index is 9.33. The van der Waals surface area contributed by atoms with Gasteiger partial charge in [0.25, 0.3) is 0 Å². The Balaban J connectivity index is 1.76. The number of piperazine rings is 1. The number of benzene rings is 2. The molecule has 118 valence electrons. The molecule has 2 aromatic rings. The van der Waals surface area contributed by atoms with Crippen molar-refractivity contribution in [2.75, 3.05) is 36.4 Å². The van der Waals surface area contributed by atoms with Crippen molar-refractivity contribution >= 4 is 23.0 Å². The third-order valence-corrected chi connectivity index (χ3v) is 4.27. The van der Waals surface area contributed by atoms with Crippen LogP contribution >= 0.6 is 11.6 Å². The van der Waals surface area contributed by atoms with Gasteiger partial charge < -0.3 is 15.5 Å². The van der Waals surface area contributed by atoms with E-state index >= 15 is 0 Å². The zero-order valence-electron chi connectivity index (χ0n) is 12.8. The van der Waals surface area contributed by atoms with Gasteiger partial charge in [0.15, 0.2) is 0 Å². The van der Waals surface area contributed by atoms with Gasteiger partial charge in [-0.25, -0.2) is 0 Å². The van der Waals surface area contributed by atoms with Crippen molar-refractivity contribution in [3.05, 3.63) is 58.6 Å². The maximum Gasteiger partial charge on any atom is 0.0995 e. The quantitative estimate of drug-likeness (QED) is 0.905. The van der Waals surface area contributed by atoms with E-state index in [0.717, 1.165) is 37.4 Å². The Hall–Kier alpha value is -2.22. The lowest BCUT2D eigenvalue weighted by Crippen LogP contribution is -2.43. The molecule has 0 saturated carbocycles. The molecule has 1 saturated heterocycles. The summed E-state index contributed by atoms with van der Waals surface area (Å²) >= 11 is 5.90. The summed E-state index contributed by atoms with van der Waals surface area (Å²) in [5.74, 6) is 0. The molecule has 0 aliphatic carbocycles. The molecular weight excluding hydrogens is 308 g/mol. The van der Waals surface area contributed by atoms with E-state index in [1.165, 1.54) is 5.69 Å². The van der Waals surface area contributed by atoms with Gasteiger partial charge in [0.1, 0.15) is 0 Å². The van der Waals surface area contributed by atoms with Gasteiger partial charge in [0.05, 0.1) is 11.6 Å². The molecule has 0 bridgehead atoms. The third kappa shape index (κ3) is 3.95. The summed E-state index contributed by atoms with van der Waals surface area (Å²) in [6.45, 7) is 4.60. The summed E-state index contributed by atoms with van der Waals surface area (Å²) in [4.78, 5) is 2.35. The van der Waals surface area contributed by atoms with E-state index in [0.29, 0.717) is 17.1 Å². The van der Waals surface area contributed by atoms with Gasteiger partial charge in [-0.1, -0.05) is 11.6 Å². The number of nitriles is 1. The van der Waals surface area contributed by atoms with Crippen LogP contribution in [0.4, 0.5) is 11.4 Å². The second kappa shape index (κ2) is 7.36. The first-order chi connectivity index (χ1) is 11.3. The van der Waals surface area contributed by atoms with E-state index in [1.54, 1.807) is 0 Å². The fraction of sp³-hybridized carbons (Fsp3) is 0.278. The molecule has 1 aliphatic heterocycles. The number of hydrogen-bond acceptors (Lipinski definition) is 4. The molecular formula is C18H19ClN4. The molecule has 0 radical (unpaired) electrons. The highest BCUT2D eigenvalue weighted by atomic mass is 35.5. The topological polar surface area (TPSA) is 51.1 Å². The van der Waals surface area contributed by atoms with E-state index in [-0.39, 0.29) is 0 Å². The minimum atomic E-state index is 0.616. The summed E-state index contributed by atoms with van der Waals surface area (Å²) in [6.07, 6.45) is 0. The first-order valence-corrected chi connectivity index (χ1v) is 8.12. The van der Waals surface area contributed by atoms with E-state index < -0.39 is 0 Å². The third-order valence-electron chi connectivity index (χ3n) is 4.02. The van der Waals surface area contributed by atoms with Gasteiger partial charge in [-0.05, 0) is 48.0 Å². The molecule has 0 amide bonds. The van der Waals surface area contributed by atoms with Gasteiger partial charge in [-0.15, -0.1) is 0 Å². The minimum absolute atomic E-state index is 0.616. The van der Waals surface area contributed by atoms with Crippen molar-refractivity contribution in [3.8, 4) is 6.07 Å². The van der Waals surface area contributed by atoms with Gasteiger partial charge >= 0.3 is 0 Å². The van der Waals surface area contributed by atoms with Crippen LogP contribution in [0.2, 0.25) is 5.02 Å². The summed E-state index contributed by atoms with van der Waals surface area (Å²) in [6, 6.07) is 15.9. The molecule has 5 heteroatoms. The average Bonchev–Trinajstić information content (AvgIpc) is 2.62. The molecule has 0 atom stereocenters. The second-order valence-corrected chi connectivity index (χ2v) is 5.99. The van der Waals surface area contributed by atoms with Crippen LogP contribution in [0.15, 0.2) is 42.5 Å². The molecule has 2 aromatic carbocycles. The van der Waals surface area contributed by atoms with E-state index in [1.807, 2.05) is 36.4 Å². The predicted octanol–water partition coefficient (Wildman–Crippen LogP) is 3.23. The van der Waals surface area contributed by atoms with Crippen molar-refractivity contribution in [3.63, 3.8) is 0 Å². The number of hydrogen-bond donors (Lipinski definition) is 2. The van der Waals surface area contributed by atoms with Crippen LogP contribution in [-0.2, 0) is 6.54 Å². The summed E-state index contributed by atoms with van der Waals surface area (Å²) in [5, 5.41) is 16.8. The highest BCUT2D eigenvalue weighted by molar-refractivity contribution is 6.30. The molecule has 0 aromatic heterocycles. The van der Waals surface area contributed by atoms with Crippen LogP contribution in [0.3, 0.4) is 0 Å². The maximum absolute atomic E-state index is 9.33. The van der Waals surface area contributed by atoms with Crippen LogP contribution in [0.25, 0.3) is 0 Å². The minimum Gasteiger partial charge on any atom is -0.381 e. The number of nitrogens with zero attached hydrogens (tertiary/aromatic N) is 2. The Morgan fingerprint density at radius 3 is 2.57 bits per heavy atom. The Kier molecular flexibility index (Phi) is 5.02. The monoisotopic (exact) mass is 326 g/mol. The second-order valence-electron chi connectivity index (χ2n) is 5.55. The average molecular weight is 327 g/mol. The predicted molar refractivity (Wildman–Crippen MR) is 95.0 cm³/mol. The van der Waals surface area contributed by atoms with E-state index in [2.05, 4.69) is 27.7 Å². The lowest BCUT2D eigenvalue weighted by atomic mass is 10.1. The standard InChI is InChI=1S/C18H19ClN4/c19-16-2-4-17(5-3-16)22-13-15-11-18(6-1-14(15)12-20)23-9-7-21-8-10-23/h1-6,11,21-22H,7-10,13H2. The van der Waals surface area contributed by atoms with Gasteiger partial charge in [0.2, 0.25) is 0 Å². The first kappa shape index (κ1) is 15.7. The fourth-order valence-electron chi connectivity index (χ4n) is 2.72. The molecule has 3 rings (SSSR count). The number of nitrogens with one attached hydrogen (secondary N) is 2. The number of anilines is 2. The van der Waals surface area contributed by atoms with Gasteiger partial charge in [0, 0.05) is 49.1 Å². The Bertz CT molecular complexity index is 700. The molecule has 23 heavy (non-hydrogen) atoms. The highest BCUT2D eigenvalue weighted by Gasteiger charge is 2.12. The van der Waals surface area contributed by atoms with Crippen molar-refractivity contribution in [2.24, 2.45) is 0 Å². The van der Waals surface area contributed by atoms with Gasteiger partial charge in [-0.3, -0.25) is 0 Å². The van der Waals surface area contributed by atoms with Crippen LogP contribution in [0, 0.1) is 11.3 Å². The van der Waals surface area contributed by atoms with Crippen molar-refractivity contribution in [1.29, 1.82) is 5.26 Å². The molecule has 0 spiro atoms. The lowest BCUT2D eigenvalue weighted by molar-refractivity contribution is 0.589.